The molecule has 0 atom stereocenters. The monoisotopic (exact) mass is 372 g/mol. The van der Waals surface area contributed by atoms with Crippen molar-refractivity contribution in [1.29, 1.82) is 0 Å². The van der Waals surface area contributed by atoms with Crippen LogP contribution in [0, 0.1) is 5.92 Å². The molecule has 0 spiro atoms. The Kier molecular flexibility index (Phi) is 12.8. The van der Waals surface area contributed by atoms with Crippen LogP contribution in [-0.4, -0.2) is 55.0 Å². The van der Waals surface area contributed by atoms with Gasteiger partial charge in [0.25, 0.3) is 0 Å². The van der Waals surface area contributed by atoms with Crippen LogP contribution >= 0.6 is 0 Å². The Labute approximate surface area is 153 Å². The Morgan fingerprint density at radius 2 is 1.50 bits per heavy atom. The van der Waals surface area contributed by atoms with Gasteiger partial charge in [-0.1, -0.05) is 0 Å². The number of hydrogen-bond donors (Lipinski definition) is 1. The summed E-state index contributed by atoms with van der Waals surface area (Å²) in [5, 5.41) is 9.72. The first-order valence-electron chi connectivity index (χ1n) is 8.61. The normalized spacial score (nSPS) is 14.7. The number of allylic oxidation sites excluding steroid dienone is 2. The van der Waals surface area contributed by atoms with E-state index >= 15 is 0 Å². The Bertz CT molecular complexity index is 503. The molecule has 0 bridgehead atoms. The number of rotatable bonds is 8. The number of carbonyl (C=O) groups is 4. The average molecular weight is 372 g/mol. The summed E-state index contributed by atoms with van der Waals surface area (Å²) in [6.07, 6.45) is 2.12. The number of carbonyl (C=O) groups excluding carboxylic acids is 4. The Morgan fingerprint density at radius 3 is 1.96 bits per heavy atom. The fourth-order valence-electron chi connectivity index (χ4n) is 2.10. The predicted molar refractivity (Wildman–Crippen MR) is 92.4 cm³/mol. The maximum Gasteiger partial charge on any atom is 0.313 e. The van der Waals surface area contributed by atoms with Gasteiger partial charge in [0.15, 0.2) is 5.78 Å². The lowest BCUT2D eigenvalue weighted by Gasteiger charge is -2.21. The summed E-state index contributed by atoms with van der Waals surface area (Å²) in [4.78, 5) is 43.1. The zero-order chi connectivity index (χ0) is 19.9. The maximum atomic E-state index is 11.4. The quantitative estimate of drug-likeness (QED) is 0.297. The minimum atomic E-state index is -0.562. The van der Waals surface area contributed by atoms with Crippen molar-refractivity contribution in [2.45, 2.75) is 46.5 Å². The standard InChI is InChI=1S/C12H18O5.C6H10O3/c1-2-17-12(15)8-10(13)7-11(14)9-3-5-16-6-4-9;1-3-9-6(8)4-5(2)7/h7,9,14H,2-6,8H2,1H3;3-4H2,1-2H3. The van der Waals surface area contributed by atoms with Gasteiger partial charge < -0.3 is 19.3 Å². The largest absolute Gasteiger partial charge is 0.512 e. The van der Waals surface area contributed by atoms with Crippen LogP contribution in [0.4, 0.5) is 0 Å². The van der Waals surface area contributed by atoms with E-state index in [1.807, 2.05) is 0 Å². The minimum Gasteiger partial charge on any atom is -0.512 e. The summed E-state index contributed by atoms with van der Waals surface area (Å²) in [7, 11) is 0. The highest BCUT2D eigenvalue weighted by Gasteiger charge is 2.19. The molecule has 0 aromatic rings. The molecule has 1 fully saturated rings. The van der Waals surface area contributed by atoms with Crippen LogP contribution in [0.3, 0.4) is 0 Å². The minimum absolute atomic E-state index is 0.0325. The third kappa shape index (κ3) is 12.2. The van der Waals surface area contributed by atoms with E-state index in [-0.39, 0.29) is 36.9 Å². The molecule has 1 N–H and O–H groups in total. The molecule has 0 saturated carbocycles. The SMILES string of the molecule is CCOC(=O)CC(=O)C=C(O)C1CCOCC1.CCOC(=O)CC(C)=O. The topological polar surface area (TPSA) is 116 Å². The number of Topliss-reactive ketones (excluding diaryl/α,β-unsaturated/α-hetero) is 1. The number of ether oxygens (including phenoxy) is 3. The first-order chi connectivity index (χ1) is 12.3. The van der Waals surface area contributed by atoms with E-state index in [4.69, 9.17) is 4.74 Å². The van der Waals surface area contributed by atoms with Crippen molar-refractivity contribution in [3.8, 4) is 0 Å². The molecular weight excluding hydrogens is 344 g/mol. The zero-order valence-electron chi connectivity index (χ0n) is 15.6. The van der Waals surface area contributed by atoms with E-state index in [1.165, 1.54) is 6.92 Å². The molecule has 8 nitrogen and oxygen atoms in total. The van der Waals surface area contributed by atoms with Crippen LogP contribution in [0.2, 0.25) is 0 Å². The molecule has 26 heavy (non-hydrogen) atoms. The molecule has 1 heterocycles. The van der Waals surface area contributed by atoms with Gasteiger partial charge >= 0.3 is 11.9 Å². The fourth-order valence-corrected chi connectivity index (χ4v) is 2.10. The lowest BCUT2D eigenvalue weighted by Crippen LogP contribution is -2.18. The van der Waals surface area contributed by atoms with Gasteiger partial charge in [-0.3, -0.25) is 19.2 Å². The van der Waals surface area contributed by atoms with E-state index in [0.717, 1.165) is 6.08 Å². The Morgan fingerprint density at radius 1 is 1.00 bits per heavy atom. The smallest absolute Gasteiger partial charge is 0.313 e. The van der Waals surface area contributed by atoms with E-state index in [1.54, 1.807) is 13.8 Å². The van der Waals surface area contributed by atoms with E-state index < -0.39 is 17.7 Å². The summed E-state index contributed by atoms with van der Waals surface area (Å²) in [6.45, 7) is 6.52. The number of ketones is 2. The highest BCUT2D eigenvalue weighted by Crippen LogP contribution is 2.21. The van der Waals surface area contributed by atoms with Gasteiger partial charge in [0.1, 0.15) is 18.6 Å². The molecule has 0 aromatic heterocycles. The van der Waals surface area contributed by atoms with Gasteiger partial charge in [-0.2, -0.15) is 0 Å². The number of aliphatic hydroxyl groups excluding tert-OH is 1. The van der Waals surface area contributed by atoms with Crippen molar-refractivity contribution >= 4 is 23.5 Å². The van der Waals surface area contributed by atoms with Crippen molar-refractivity contribution in [2.75, 3.05) is 26.4 Å². The molecule has 148 valence electrons. The van der Waals surface area contributed by atoms with Crippen molar-refractivity contribution in [3.05, 3.63) is 11.8 Å². The van der Waals surface area contributed by atoms with Gasteiger partial charge in [-0.25, -0.2) is 0 Å². The molecular formula is C18H28O8. The molecule has 0 amide bonds. The summed E-state index contributed by atoms with van der Waals surface area (Å²) in [5.74, 6) is -1.57. The molecule has 0 aromatic carbocycles. The lowest BCUT2D eigenvalue weighted by atomic mass is 9.97. The number of hydrogen-bond acceptors (Lipinski definition) is 8. The molecule has 1 saturated heterocycles. The second-order valence-electron chi connectivity index (χ2n) is 5.59. The summed E-state index contributed by atoms with van der Waals surface area (Å²) < 4.78 is 14.3. The third-order valence-corrected chi connectivity index (χ3v) is 3.27. The van der Waals surface area contributed by atoms with Crippen molar-refractivity contribution in [1.82, 2.24) is 0 Å². The van der Waals surface area contributed by atoms with E-state index in [0.29, 0.717) is 32.7 Å². The van der Waals surface area contributed by atoms with Crippen LogP contribution < -0.4 is 0 Å². The highest BCUT2D eigenvalue weighted by atomic mass is 16.5. The molecule has 8 heteroatoms. The third-order valence-electron chi connectivity index (χ3n) is 3.27. The zero-order valence-corrected chi connectivity index (χ0v) is 15.6. The molecule has 1 aliphatic rings. The maximum absolute atomic E-state index is 11.4. The van der Waals surface area contributed by atoms with E-state index in [9.17, 15) is 24.3 Å². The molecule has 1 rings (SSSR count). The van der Waals surface area contributed by atoms with Crippen molar-refractivity contribution < 1.29 is 38.5 Å². The number of aliphatic hydroxyl groups is 1. The van der Waals surface area contributed by atoms with Gasteiger partial charge in [0.05, 0.1) is 19.0 Å². The van der Waals surface area contributed by atoms with Crippen LogP contribution in [0.15, 0.2) is 11.8 Å². The van der Waals surface area contributed by atoms with Crippen LogP contribution in [-0.2, 0) is 33.4 Å². The molecule has 0 aliphatic carbocycles. The summed E-state index contributed by atoms with van der Waals surface area (Å²) >= 11 is 0. The van der Waals surface area contributed by atoms with Gasteiger partial charge in [-0.05, 0) is 33.6 Å². The van der Waals surface area contributed by atoms with Crippen molar-refractivity contribution in [3.63, 3.8) is 0 Å². The van der Waals surface area contributed by atoms with Gasteiger partial charge in [-0.15, -0.1) is 0 Å². The van der Waals surface area contributed by atoms with Gasteiger partial charge in [0, 0.05) is 25.2 Å². The molecule has 0 radical (unpaired) electrons. The van der Waals surface area contributed by atoms with Crippen LogP contribution in [0.1, 0.15) is 46.5 Å². The fraction of sp³-hybridized carbons (Fsp3) is 0.667. The molecule has 1 aliphatic heterocycles. The molecule has 0 unspecified atom stereocenters. The summed E-state index contributed by atoms with van der Waals surface area (Å²) in [5.41, 5.74) is 0. The average Bonchev–Trinajstić information content (AvgIpc) is 2.55. The van der Waals surface area contributed by atoms with Crippen molar-refractivity contribution in [2.24, 2.45) is 5.92 Å². The lowest BCUT2D eigenvalue weighted by molar-refractivity contribution is -0.146. The first kappa shape index (κ1) is 23.8. The second-order valence-corrected chi connectivity index (χ2v) is 5.59. The van der Waals surface area contributed by atoms with Gasteiger partial charge in [0.2, 0.25) is 0 Å². The highest BCUT2D eigenvalue weighted by molar-refractivity contribution is 6.02. The Hall–Kier alpha value is -2.22. The van der Waals surface area contributed by atoms with Crippen LogP contribution in [0.5, 0.6) is 0 Å². The first-order valence-corrected chi connectivity index (χ1v) is 8.61. The van der Waals surface area contributed by atoms with E-state index in [2.05, 4.69) is 9.47 Å². The van der Waals surface area contributed by atoms with Crippen LogP contribution in [0.25, 0.3) is 0 Å². The number of esters is 2. The predicted octanol–water partition coefficient (Wildman–Crippen LogP) is 1.91. The second kappa shape index (κ2) is 14.0. The Balaban J connectivity index is 0.000000590. The summed E-state index contributed by atoms with van der Waals surface area (Å²) in [6, 6.07) is 0.